The number of benzene rings is 1. The summed E-state index contributed by atoms with van der Waals surface area (Å²) in [7, 11) is -2.70. The molecule has 7 nitrogen and oxygen atoms in total. The van der Waals surface area contributed by atoms with Gasteiger partial charge in [0.25, 0.3) is 10.0 Å². The number of nitrogens with one attached hydrogen (secondary N) is 1. The zero-order valence-electron chi connectivity index (χ0n) is 10.8. The van der Waals surface area contributed by atoms with Crippen molar-refractivity contribution in [1.82, 2.24) is 9.97 Å². The topological polar surface area (TPSA) is 98.2 Å². The normalized spacial score (nSPS) is 11.0. The van der Waals surface area contributed by atoms with E-state index in [1.807, 2.05) is 0 Å². The lowest BCUT2D eigenvalue weighted by Gasteiger charge is -2.08. The molecule has 110 valence electrons. The van der Waals surface area contributed by atoms with E-state index in [9.17, 15) is 13.2 Å². The number of carbonyl (C=O) groups is 1. The summed E-state index contributed by atoms with van der Waals surface area (Å²) in [6, 6.07) is 5.42. The van der Waals surface area contributed by atoms with Crippen molar-refractivity contribution in [2.24, 2.45) is 0 Å². The van der Waals surface area contributed by atoms with E-state index < -0.39 is 16.0 Å². The van der Waals surface area contributed by atoms with Crippen molar-refractivity contribution >= 4 is 33.4 Å². The molecule has 0 radical (unpaired) electrons. The highest BCUT2D eigenvalue weighted by atomic mass is 35.5. The number of nitrogens with zero attached hydrogens (tertiary/aromatic N) is 2. The molecule has 2 aromatic rings. The van der Waals surface area contributed by atoms with Crippen molar-refractivity contribution in [3.05, 3.63) is 47.4 Å². The van der Waals surface area contributed by atoms with Gasteiger partial charge in [0.2, 0.25) is 0 Å². The second kappa shape index (κ2) is 6.06. The predicted molar refractivity (Wildman–Crippen MR) is 75.6 cm³/mol. The first kappa shape index (κ1) is 15.2. The molecule has 0 aliphatic rings. The molecule has 1 aromatic heterocycles. The fraction of sp³-hybridized carbons (Fsp3) is 0.0833. The van der Waals surface area contributed by atoms with Gasteiger partial charge < -0.3 is 4.74 Å². The number of sulfonamides is 1. The van der Waals surface area contributed by atoms with Crippen molar-refractivity contribution in [3.63, 3.8) is 0 Å². The summed E-state index contributed by atoms with van der Waals surface area (Å²) < 4.78 is 31.2. The number of hydrogen-bond donors (Lipinski definition) is 1. The van der Waals surface area contributed by atoms with Crippen LogP contribution in [0.15, 0.2) is 41.6 Å². The van der Waals surface area contributed by atoms with E-state index >= 15 is 0 Å². The minimum absolute atomic E-state index is 0.0222. The molecule has 0 aliphatic heterocycles. The van der Waals surface area contributed by atoms with Gasteiger partial charge in [-0.1, -0.05) is 17.7 Å². The van der Waals surface area contributed by atoms with Gasteiger partial charge in [-0.15, -0.1) is 0 Å². The Balaban J connectivity index is 2.33. The monoisotopic (exact) mass is 327 g/mol. The Morgan fingerprint density at radius 2 is 2.10 bits per heavy atom. The molecule has 0 atom stereocenters. The van der Waals surface area contributed by atoms with Crippen molar-refractivity contribution in [3.8, 4) is 0 Å². The number of methoxy groups -OCH3 is 1. The number of rotatable bonds is 4. The second-order valence-electron chi connectivity index (χ2n) is 3.85. The van der Waals surface area contributed by atoms with Crippen LogP contribution in [0.1, 0.15) is 10.4 Å². The number of aromatic nitrogens is 2. The van der Waals surface area contributed by atoms with Crippen molar-refractivity contribution in [2.45, 2.75) is 4.90 Å². The Hall–Kier alpha value is -2.19. The average Bonchev–Trinajstić information content (AvgIpc) is 2.46. The maximum Gasteiger partial charge on any atom is 0.337 e. The molecule has 21 heavy (non-hydrogen) atoms. The number of esters is 1. The van der Waals surface area contributed by atoms with Crippen molar-refractivity contribution in [1.29, 1.82) is 0 Å². The predicted octanol–water partition coefficient (Wildman–Crippen LogP) is 1.72. The Morgan fingerprint density at radius 1 is 1.33 bits per heavy atom. The van der Waals surface area contributed by atoms with Crippen LogP contribution in [0.2, 0.25) is 5.15 Å². The summed E-state index contributed by atoms with van der Waals surface area (Å²) in [5.41, 5.74) is 0.123. The molecule has 0 unspecified atom stereocenters. The summed E-state index contributed by atoms with van der Waals surface area (Å²) in [5.74, 6) is -0.652. The first-order chi connectivity index (χ1) is 9.92. The minimum Gasteiger partial charge on any atom is -0.465 e. The highest BCUT2D eigenvalue weighted by Crippen LogP contribution is 2.16. The number of halogens is 1. The molecule has 1 heterocycles. The molecule has 2 rings (SSSR count). The molecule has 9 heteroatoms. The Morgan fingerprint density at radius 3 is 2.76 bits per heavy atom. The Bertz CT molecular complexity index is 780. The number of anilines is 1. The van der Waals surface area contributed by atoms with Crippen LogP contribution in [0.5, 0.6) is 0 Å². The fourth-order valence-corrected chi connectivity index (χ4v) is 2.67. The highest BCUT2D eigenvalue weighted by Gasteiger charge is 2.17. The van der Waals surface area contributed by atoms with Crippen LogP contribution >= 0.6 is 11.6 Å². The van der Waals surface area contributed by atoms with Crippen LogP contribution in [0.25, 0.3) is 0 Å². The van der Waals surface area contributed by atoms with Crippen LogP contribution in [0, 0.1) is 0 Å². The molecule has 0 amide bonds. The first-order valence-corrected chi connectivity index (χ1v) is 7.47. The van der Waals surface area contributed by atoms with Crippen LogP contribution in [0.4, 0.5) is 5.82 Å². The third-order valence-electron chi connectivity index (χ3n) is 2.41. The van der Waals surface area contributed by atoms with E-state index in [1.54, 1.807) is 0 Å². The maximum absolute atomic E-state index is 12.2. The van der Waals surface area contributed by atoms with Gasteiger partial charge in [0.15, 0.2) is 5.82 Å². The molecule has 0 saturated heterocycles. The van der Waals surface area contributed by atoms with Gasteiger partial charge in [0.1, 0.15) is 5.15 Å². The van der Waals surface area contributed by atoms with Crippen molar-refractivity contribution in [2.75, 3.05) is 11.8 Å². The van der Waals surface area contributed by atoms with Gasteiger partial charge in [-0.2, -0.15) is 0 Å². The highest BCUT2D eigenvalue weighted by molar-refractivity contribution is 7.92. The zero-order valence-corrected chi connectivity index (χ0v) is 12.4. The number of ether oxygens (including phenoxy) is 1. The smallest absolute Gasteiger partial charge is 0.337 e. The van der Waals surface area contributed by atoms with E-state index in [1.165, 1.54) is 43.8 Å². The van der Waals surface area contributed by atoms with E-state index in [-0.39, 0.29) is 21.4 Å². The van der Waals surface area contributed by atoms with Crippen molar-refractivity contribution < 1.29 is 17.9 Å². The third kappa shape index (κ3) is 3.67. The van der Waals surface area contributed by atoms with E-state index in [4.69, 9.17) is 11.6 Å². The number of carbonyl (C=O) groups excluding carboxylic acids is 1. The summed E-state index contributed by atoms with van der Waals surface area (Å²) >= 11 is 5.64. The average molecular weight is 328 g/mol. The quantitative estimate of drug-likeness (QED) is 0.858. The Kier molecular flexibility index (Phi) is 4.39. The molecule has 0 fully saturated rings. The largest absolute Gasteiger partial charge is 0.465 e. The summed E-state index contributed by atoms with van der Waals surface area (Å²) in [6.07, 6.45) is 2.49. The molecular formula is C12H10ClN3O4S. The third-order valence-corrected chi connectivity index (χ3v) is 3.94. The standard InChI is InChI=1S/C12H10ClN3O4S/c1-20-12(17)8-3-2-4-9(5-8)21(18,19)16-11-7-14-6-10(13)15-11/h2-7H,1H3,(H,15,16). The van der Waals surface area contributed by atoms with Gasteiger partial charge in [0.05, 0.1) is 30.0 Å². The van der Waals surface area contributed by atoms with Crippen LogP contribution in [-0.4, -0.2) is 31.5 Å². The van der Waals surface area contributed by atoms with Gasteiger partial charge in [-0.25, -0.2) is 18.2 Å². The summed E-state index contributed by atoms with van der Waals surface area (Å²) in [6.45, 7) is 0. The summed E-state index contributed by atoms with van der Waals surface area (Å²) in [4.78, 5) is 18.8. The number of hydrogen-bond acceptors (Lipinski definition) is 6. The SMILES string of the molecule is COC(=O)c1cccc(S(=O)(=O)Nc2cncc(Cl)n2)c1. The fourth-order valence-electron chi connectivity index (χ4n) is 1.50. The van der Waals surface area contributed by atoms with Gasteiger partial charge >= 0.3 is 5.97 Å². The molecule has 1 aromatic carbocycles. The first-order valence-electron chi connectivity index (χ1n) is 5.61. The van der Waals surface area contributed by atoms with E-state index in [2.05, 4.69) is 19.4 Å². The van der Waals surface area contributed by atoms with Crippen LogP contribution < -0.4 is 4.72 Å². The molecular weight excluding hydrogens is 318 g/mol. The second-order valence-corrected chi connectivity index (χ2v) is 5.92. The van der Waals surface area contributed by atoms with Gasteiger partial charge in [-0.3, -0.25) is 9.71 Å². The van der Waals surface area contributed by atoms with E-state index in [0.717, 1.165) is 0 Å². The molecule has 0 aliphatic carbocycles. The minimum atomic E-state index is -3.91. The van der Waals surface area contributed by atoms with Crippen LogP contribution in [-0.2, 0) is 14.8 Å². The molecule has 1 N–H and O–H groups in total. The van der Waals surface area contributed by atoms with Crippen LogP contribution in [0.3, 0.4) is 0 Å². The molecule has 0 bridgehead atoms. The van der Waals surface area contributed by atoms with Gasteiger partial charge in [0, 0.05) is 0 Å². The lowest BCUT2D eigenvalue weighted by Crippen LogP contribution is -2.15. The molecule has 0 spiro atoms. The maximum atomic E-state index is 12.2. The lowest BCUT2D eigenvalue weighted by atomic mass is 10.2. The molecule has 0 saturated carbocycles. The van der Waals surface area contributed by atoms with E-state index in [0.29, 0.717) is 0 Å². The van der Waals surface area contributed by atoms with Gasteiger partial charge in [-0.05, 0) is 18.2 Å². The summed E-state index contributed by atoms with van der Waals surface area (Å²) in [5, 5.41) is 0.0542. The Labute approximate surface area is 126 Å². The zero-order chi connectivity index (χ0) is 15.5. The lowest BCUT2D eigenvalue weighted by molar-refractivity contribution is 0.0600.